The van der Waals surface area contributed by atoms with Crippen LogP contribution in [0.2, 0.25) is 0 Å². The number of hydrogen-bond donors (Lipinski definition) is 1. The Bertz CT molecular complexity index is 955. The summed E-state index contributed by atoms with van der Waals surface area (Å²) in [6, 6.07) is 14.9. The lowest BCUT2D eigenvalue weighted by Gasteiger charge is -2.43. The minimum absolute atomic E-state index is 0.0109. The van der Waals surface area contributed by atoms with Gasteiger partial charge in [-0.15, -0.1) is 0 Å². The summed E-state index contributed by atoms with van der Waals surface area (Å²) in [5, 5.41) is 3.58. The predicted octanol–water partition coefficient (Wildman–Crippen LogP) is 4.66. The Morgan fingerprint density at radius 1 is 1.16 bits per heavy atom. The van der Waals surface area contributed by atoms with Crippen molar-refractivity contribution in [2.75, 3.05) is 33.3 Å². The minimum Gasteiger partial charge on any atom is -0.496 e. The maximum Gasteiger partial charge on any atom is 0.227 e. The third-order valence-corrected chi connectivity index (χ3v) is 8.48. The highest BCUT2D eigenvalue weighted by molar-refractivity contribution is 9.10. The van der Waals surface area contributed by atoms with Gasteiger partial charge in [0.05, 0.1) is 13.0 Å². The molecule has 0 bridgehead atoms. The average Bonchev–Trinajstić information content (AvgIpc) is 3.23. The van der Waals surface area contributed by atoms with Gasteiger partial charge in [-0.3, -0.25) is 4.79 Å². The molecule has 2 atom stereocenters. The van der Waals surface area contributed by atoms with Gasteiger partial charge >= 0.3 is 0 Å². The van der Waals surface area contributed by atoms with Crippen LogP contribution >= 0.6 is 15.9 Å². The fraction of sp³-hybridized carbons (Fsp3) is 0.500. The van der Waals surface area contributed by atoms with Crippen LogP contribution in [0.25, 0.3) is 0 Å². The quantitative estimate of drug-likeness (QED) is 0.691. The Kier molecular flexibility index (Phi) is 5.82. The molecule has 0 unspecified atom stereocenters. The summed E-state index contributed by atoms with van der Waals surface area (Å²) in [4.78, 5) is 16.0. The van der Waals surface area contributed by atoms with Crippen molar-refractivity contribution < 1.29 is 9.53 Å². The van der Waals surface area contributed by atoms with Crippen molar-refractivity contribution in [2.45, 2.75) is 43.4 Å². The number of methoxy groups -OCH3 is 1. The fourth-order valence-electron chi connectivity index (χ4n) is 6.27. The van der Waals surface area contributed by atoms with Crippen LogP contribution in [0.15, 0.2) is 46.9 Å². The molecule has 0 aromatic heterocycles. The van der Waals surface area contributed by atoms with Crippen molar-refractivity contribution in [3.05, 3.63) is 63.6 Å². The van der Waals surface area contributed by atoms with Gasteiger partial charge in [0.1, 0.15) is 5.75 Å². The molecule has 2 fully saturated rings. The summed E-state index contributed by atoms with van der Waals surface area (Å²) in [5.41, 5.74) is 3.85. The van der Waals surface area contributed by atoms with E-state index in [-0.39, 0.29) is 11.3 Å². The van der Waals surface area contributed by atoms with Crippen molar-refractivity contribution in [1.29, 1.82) is 0 Å². The first-order valence-electron chi connectivity index (χ1n) is 11.5. The molecule has 5 rings (SSSR count). The SMILES string of the molecule is COc1ccc(Br)c2c1CCC[C@]21CNC[C@H]1C(=O)N1CCC(c2ccccc2)CC1. The van der Waals surface area contributed by atoms with E-state index in [9.17, 15) is 4.79 Å². The molecule has 1 N–H and O–H groups in total. The molecule has 2 aromatic rings. The van der Waals surface area contributed by atoms with Gasteiger partial charge in [-0.1, -0.05) is 46.3 Å². The van der Waals surface area contributed by atoms with Crippen molar-refractivity contribution in [3.8, 4) is 5.75 Å². The maximum absolute atomic E-state index is 13.8. The van der Waals surface area contributed by atoms with Gasteiger partial charge in [0.15, 0.2) is 0 Å². The number of amides is 1. The summed E-state index contributed by atoms with van der Waals surface area (Å²) < 4.78 is 6.82. The van der Waals surface area contributed by atoms with Crippen LogP contribution in [0, 0.1) is 5.92 Å². The first-order chi connectivity index (χ1) is 15.1. The Morgan fingerprint density at radius 3 is 2.68 bits per heavy atom. The van der Waals surface area contributed by atoms with Gasteiger partial charge in [0.25, 0.3) is 0 Å². The number of carbonyl (C=O) groups excluding carboxylic acids is 1. The summed E-state index contributed by atoms with van der Waals surface area (Å²) in [7, 11) is 1.75. The topological polar surface area (TPSA) is 41.6 Å². The van der Waals surface area contributed by atoms with Gasteiger partial charge < -0.3 is 15.0 Å². The van der Waals surface area contributed by atoms with Crippen LogP contribution < -0.4 is 10.1 Å². The number of benzene rings is 2. The van der Waals surface area contributed by atoms with Crippen LogP contribution in [0.4, 0.5) is 0 Å². The molecule has 2 heterocycles. The number of carbonyl (C=O) groups is 1. The van der Waals surface area contributed by atoms with E-state index in [4.69, 9.17) is 4.74 Å². The highest BCUT2D eigenvalue weighted by Gasteiger charge is 2.52. The van der Waals surface area contributed by atoms with E-state index in [0.717, 1.165) is 68.5 Å². The number of rotatable bonds is 3. The second-order valence-electron chi connectivity index (χ2n) is 9.31. The lowest BCUT2D eigenvalue weighted by molar-refractivity contribution is -0.138. The van der Waals surface area contributed by atoms with Gasteiger partial charge in [0.2, 0.25) is 5.91 Å². The van der Waals surface area contributed by atoms with E-state index in [1.807, 2.05) is 0 Å². The van der Waals surface area contributed by atoms with Crippen molar-refractivity contribution in [2.24, 2.45) is 5.92 Å². The van der Waals surface area contributed by atoms with E-state index in [0.29, 0.717) is 11.8 Å². The number of nitrogens with zero attached hydrogens (tertiary/aromatic N) is 1. The molecule has 0 radical (unpaired) electrons. The molecule has 2 saturated heterocycles. The Balaban J connectivity index is 1.39. The largest absolute Gasteiger partial charge is 0.496 e. The molecule has 2 aliphatic heterocycles. The van der Waals surface area contributed by atoms with Crippen molar-refractivity contribution in [3.63, 3.8) is 0 Å². The van der Waals surface area contributed by atoms with Gasteiger partial charge in [-0.2, -0.15) is 0 Å². The highest BCUT2D eigenvalue weighted by atomic mass is 79.9. The standard InChI is InChI=1S/C26H31BrN2O2/c1-31-23-10-9-22(27)24-20(23)8-5-13-26(24)17-28-16-21(26)25(30)29-14-11-19(12-15-29)18-6-3-2-4-7-18/h2-4,6-7,9-10,19,21,28H,5,8,11-17H2,1H3/t21-,26+/m0/s1. The molecular weight excluding hydrogens is 452 g/mol. The third kappa shape index (κ3) is 3.60. The Labute approximate surface area is 193 Å². The van der Waals surface area contributed by atoms with E-state index >= 15 is 0 Å². The molecule has 1 aliphatic carbocycles. The fourth-order valence-corrected chi connectivity index (χ4v) is 7.04. The second-order valence-corrected chi connectivity index (χ2v) is 10.2. The van der Waals surface area contributed by atoms with E-state index in [2.05, 4.69) is 68.6 Å². The Morgan fingerprint density at radius 2 is 1.94 bits per heavy atom. The van der Waals surface area contributed by atoms with Crippen LogP contribution in [0.5, 0.6) is 5.75 Å². The Hall–Kier alpha value is -1.85. The van der Waals surface area contributed by atoms with Crippen molar-refractivity contribution in [1.82, 2.24) is 10.2 Å². The molecule has 164 valence electrons. The minimum atomic E-state index is -0.145. The first kappa shape index (κ1) is 21.0. The summed E-state index contributed by atoms with van der Waals surface area (Å²) in [5.74, 6) is 1.84. The zero-order valence-corrected chi connectivity index (χ0v) is 19.8. The number of nitrogens with one attached hydrogen (secondary N) is 1. The number of likely N-dealkylation sites (tertiary alicyclic amines) is 1. The zero-order chi connectivity index (χ0) is 21.4. The van der Waals surface area contributed by atoms with Crippen LogP contribution in [0.1, 0.15) is 48.3 Å². The van der Waals surface area contributed by atoms with Gasteiger partial charge in [-0.25, -0.2) is 0 Å². The van der Waals surface area contributed by atoms with Gasteiger partial charge in [0, 0.05) is 36.1 Å². The highest BCUT2D eigenvalue weighted by Crippen LogP contribution is 2.50. The van der Waals surface area contributed by atoms with Gasteiger partial charge in [-0.05, 0) is 66.8 Å². The first-order valence-corrected chi connectivity index (χ1v) is 12.3. The number of halogens is 1. The predicted molar refractivity (Wildman–Crippen MR) is 127 cm³/mol. The van der Waals surface area contributed by atoms with Crippen molar-refractivity contribution >= 4 is 21.8 Å². The number of hydrogen-bond acceptors (Lipinski definition) is 3. The molecule has 2 aromatic carbocycles. The average molecular weight is 483 g/mol. The number of fused-ring (bicyclic) bond motifs is 2. The molecule has 31 heavy (non-hydrogen) atoms. The summed E-state index contributed by atoms with van der Waals surface area (Å²) in [6.45, 7) is 3.34. The second kappa shape index (κ2) is 8.59. The van der Waals surface area contributed by atoms with E-state index < -0.39 is 0 Å². The third-order valence-electron chi connectivity index (χ3n) is 7.82. The molecular formula is C26H31BrN2O2. The molecule has 3 aliphatic rings. The normalized spacial score (nSPS) is 26.1. The smallest absolute Gasteiger partial charge is 0.227 e. The maximum atomic E-state index is 13.8. The lowest BCUT2D eigenvalue weighted by atomic mass is 9.64. The van der Waals surface area contributed by atoms with Crippen LogP contribution in [0.3, 0.4) is 0 Å². The molecule has 4 nitrogen and oxygen atoms in total. The van der Waals surface area contributed by atoms with E-state index in [1.54, 1.807) is 7.11 Å². The summed E-state index contributed by atoms with van der Waals surface area (Å²) >= 11 is 3.83. The van der Waals surface area contributed by atoms with Crippen LogP contribution in [-0.2, 0) is 16.6 Å². The van der Waals surface area contributed by atoms with E-state index in [1.165, 1.54) is 16.7 Å². The molecule has 0 saturated carbocycles. The zero-order valence-electron chi connectivity index (χ0n) is 18.2. The number of piperidine rings is 1. The lowest BCUT2D eigenvalue weighted by Crippen LogP contribution is -2.49. The monoisotopic (exact) mass is 482 g/mol. The molecule has 1 spiro atoms. The molecule has 5 heteroatoms. The number of ether oxygens (including phenoxy) is 1. The van der Waals surface area contributed by atoms with Crippen LogP contribution in [-0.4, -0.2) is 44.1 Å². The summed E-state index contributed by atoms with van der Waals surface area (Å²) in [6.07, 6.45) is 5.27. The molecule has 1 amide bonds.